The zero-order valence-corrected chi connectivity index (χ0v) is 15.3. The van der Waals surface area contributed by atoms with Crippen LogP contribution in [-0.4, -0.2) is 60.1 Å². The highest BCUT2D eigenvalue weighted by Crippen LogP contribution is 2.31. The van der Waals surface area contributed by atoms with E-state index in [0.29, 0.717) is 19.4 Å². The largest absolute Gasteiger partial charge is 0.451 e. The van der Waals surface area contributed by atoms with Crippen molar-refractivity contribution in [3.63, 3.8) is 0 Å². The monoisotopic (exact) mass is 350 g/mol. The van der Waals surface area contributed by atoms with E-state index < -0.39 is 28.4 Å². The molecule has 0 aromatic heterocycles. The van der Waals surface area contributed by atoms with Crippen LogP contribution in [0.25, 0.3) is 0 Å². The molecule has 1 heterocycles. The van der Waals surface area contributed by atoms with Gasteiger partial charge >= 0.3 is 7.12 Å². The van der Waals surface area contributed by atoms with Crippen LogP contribution in [0.5, 0.6) is 0 Å². The Morgan fingerprint density at radius 1 is 1.48 bits per heavy atom. The molecule has 0 bridgehead atoms. The van der Waals surface area contributed by atoms with E-state index in [4.69, 9.17) is 21.5 Å². The number of hydrogen-bond acceptors (Lipinski definition) is 6. The molecule has 0 aliphatic carbocycles. The molecule has 10 heteroatoms. The summed E-state index contributed by atoms with van der Waals surface area (Å²) in [7, 11) is -5.02. The Morgan fingerprint density at radius 3 is 2.52 bits per heavy atom. The maximum absolute atomic E-state index is 12.6. The second-order valence-corrected chi connectivity index (χ2v) is 9.19. The van der Waals surface area contributed by atoms with Crippen molar-refractivity contribution >= 4 is 17.3 Å². The third-order valence-corrected chi connectivity index (χ3v) is 6.50. The summed E-state index contributed by atoms with van der Waals surface area (Å²) in [5, 5.41) is 17.8. The van der Waals surface area contributed by atoms with E-state index in [1.807, 2.05) is 6.92 Å². The number of hydrogen-bond donors (Lipinski definition) is 5. The smallest absolute Gasteiger partial charge is 0.427 e. The molecule has 1 aliphatic rings. The zero-order valence-electron chi connectivity index (χ0n) is 14.5. The molecule has 3 atom stereocenters. The lowest BCUT2D eigenvalue weighted by Crippen LogP contribution is -2.58. The molecule has 1 rings (SSSR count). The molecule has 0 spiro atoms. The van der Waals surface area contributed by atoms with Crippen LogP contribution in [0.15, 0.2) is 0 Å². The van der Waals surface area contributed by atoms with Crippen LogP contribution in [-0.2, 0) is 10.2 Å². The second-order valence-electron chi connectivity index (χ2n) is 7.52. The Labute approximate surface area is 139 Å². The van der Waals surface area contributed by atoms with Gasteiger partial charge in [-0.25, -0.2) is 0 Å². The Kier molecular flexibility index (Phi) is 6.65. The Morgan fingerprint density at radius 2 is 2.04 bits per heavy atom. The summed E-state index contributed by atoms with van der Waals surface area (Å²) in [6.07, 6.45) is 1.49. The van der Waals surface area contributed by atoms with Gasteiger partial charge in [0.15, 0.2) is 0 Å². The molecule has 136 valence electrons. The van der Waals surface area contributed by atoms with Gasteiger partial charge in [-0.1, -0.05) is 6.42 Å². The van der Waals surface area contributed by atoms with Crippen molar-refractivity contribution in [2.45, 2.75) is 64.0 Å². The Bertz CT molecular complexity index is 496. The van der Waals surface area contributed by atoms with Gasteiger partial charge in [-0.15, -0.1) is 0 Å². The maximum atomic E-state index is 12.6. The normalized spacial score (nSPS) is 28.1. The van der Waals surface area contributed by atoms with E-state index in [1.54, 1.807) is 20.8 Å². The minimum absolute atomic E-state index is 0.0313. The quantitative estimate of drug-likeness (QED) is 0.350. The molecule has 7 N–H and O–H groups in total. The molecule has 0 saturated carbocycles. The summed E-state index contributed by atoms with van der Waals surface area (Å²) < 4.78 is 29.2. The molecule has 0 unspecified atom stereocenters. The van der Waals surface area contributed by atoms with E-state index in [0.717, 1.165) is 0 Å². The first-order valence-electron chi connectivity index (χ1n) is 7.97. The number of nitrogens with zero attached hydrogens (tertiary/aromatic N) is 1. The molecule has 0 aromatic carbocycles. The first kappa shape index (κ1) is 20.8. The number of rotatable bonds is 8. The molecule has 1 saturated heterocycles. The van der Waals surface area contributed by atoms with Gasteiger partial charge in [-0.05, 0) is 46.4 Å². The predicted molar refractivity (Wildman–Crippen MR) is 91.7 cm³/mol. The molecule has 0 radical (unpaired) electrons. The molecule has 0 aromatic rings. The van der Waals surface area contributed by atoms with E-state index in [2.05, 4.69) is 4.72 Å². The van der Waals surface area contributed by atoms with E-state index in [1.165, 1.54) is 4.31 Å². The fourth-order valence-electron chi connectivity index (χ4n) is 2.67. The number of nitrogens with one attached hydrogen (secondary N) is 1. The lowest BCUT2D eigenvalue weighted by Gasteiger charge is -2.32. The predicted octanol–water partition coefficient (Wildman–Crippen LogP) is -1.15. The molecular formula is C13H31BN4O4S. The van der Waals surface area contributed by atoms with Gasteiger partial charge < -0.3 is 21.5 Å². The summed E-state index contributed by atoms with van der Waals surface area (Å²) in [5.74, 6) is -0.0313. The molecule has 23 heavy (non-hydrogen) atoms. The van der Waals surface area contributed by atoms with Crippen molar-refractivity contribution in [3.05, 3.63) is 0 Å². The molecule has 8 nitrogen and oxygen atoms in total. The summed E-state index contributed by atoms with van der Waals surface area (Å²) in [6, 6.07) is -0.342. The van der Waals surface area contributed by atoms with Crippen molar-refractivity contribution in [1.29, 1.82) is 0 Å². The van der Waals surface area contributed by atoms with Crippen LogP contribution >= 0.6 is 0 Å². The van der Waals surface area contributed by atoms with E-state index in [9.17, 15) is 8.42 Å². The lowest BCUT2D eigenvalue weighted by molar-refractivity contribution is 0.343. The summed E-state index contributed by atoms with van der Waals surface area (Å²) in [6.45, 7) is 7.62. The maximum Gasteiger partial charge on any atom is 0.451 e. The average Bonchev–Trinajstić information content (AvgIpc) is 2.64. The van der Waals surface area contributed by atoms with Gasteiger partial charge in [0.2, 0.25) is 0 Å². The topological polar surface area (TPSA) is 142 Å². The van der Waals surface area contributed by atoms with E-state index in [-0.39, 0.29) is 24.8 Å². The van der Waals surface area contributed by atoms with Crippen molar-refractivity contribution in [2.24, 2.45) is 17.4 Å². The van der Waals surface area contributed by atoms with Gasteiger partial charge in [0, 0.05) is 30.2 Å². The summed E-state index contributed by atoms with van der Waals surface area (Å²) in [4.78, 5) is 0. The Hall–Kier alpha value is -0.225. The minimum atomic E-state index is -3.68. The molecular weight excluding hydrogens is 319 g/mol. The van der Waals surface area contributed by atoms with Crippen molar-refractivity contribution in [2.75, 3.05) is 13.1 Å². The third-order valence-electron chi connectivity index (χ3n) is 4.76. The van der Waals surface area contributed by atoms with Gasteiger partial charge in [0.25, 0.3) is 10.2 Å². The summed E-state index contributed by atoms with van der Waals surface area (Å²) in [5.41, 5.74) is 10.7. The first-order chi connectivity index (χ1) is 10.3. The lowest BCUT2D eigenvalue weighted by atomic mass is 9.79. The van der Waals surface area contributed by atoms with E-state index >= 15 is 0 Å². The van der Waals surface area contributed by atoms with Crippen molar-refractivity contribution in [1.82, 2.24) is 9.03 Å². The van der Waals surface area contributed by atoms with Crippen LogP contribution in [0.2, 0.25) is 6.32 Å². The highest BCUT2D eigenvalue weighted by molar-refractivity contribution is 7.87. The van der Waals surface area contributed by atoms with Crippen LogP contribution in [0.3, 0.4) is 0 Å². The first-order valence-corrected chi connectivity index (χ1v) is 9.41. The molecule has 1 aliphatic heterocycles. The summed E-state index contributed by atoms with van der Waals surface area (Å²) >= 11 is 0. The standard InChI is InChI=1S/C13H31BN4O4S/c1-10(15)12(2,3)17-23(21,22)18-8-11(13(4,16)9-18)6-5-7-14(19)20/h10-11,17,19-20H,5-9,15-16H2,1-4H3/t10-,11-,13-/m0/s1. The van der Waals surface area contributed by atoms with Gasteiger partial charge in [-0.2, -0.15) is 17.4 Å². The van der Waals surface area contributed by atoms with Crippen molar-refractivity contribution in [3.8, 4) is 0 Å². The average molecular weight is 350 g/mol. The fourth-order valence-corrected chi connectivity index (χ4v) is 4.47. The van der Waals surface area contributed by atoms with Gasteiger partial charge in [0.1, 0.15) is 0 Å². The van der Waals surface area contributed by atoms with Crippen LogP contribution < -0.4 is 16.2 Å². The molecule has 0 amide bonds. The van der Waals surface area contributed by atoms with Crippen LogP contribution in [0.4, 0.5) is 0 Å². The van der Waals surface area contributed by atoms with Crippen molar-refractivity contribution < 1.29 is 18.5 Å². The third kappa shape index (κ3) is 5.66. The Balaban J connectivity index is 2.75. The number of nitrogens with two attached hydrogens (primary N) is 2. The second kappa shape index (κ2) is 7.34. The minimum Gasteiger partial charge on any atom is -0.427 e. The highest BCUT2D eigenvalue weighted by atomic mass is 32.2. The van der Waals surface area contributed by atoms with Gasteiger partial charge in [0.05, 0.1) is 0 Å². The van der Waals surface area contributed by atoms with Gasteiger partial charge in [-0.3, -0.25) is 0 Å². The zero-order chi connectivity index (χ0) is 18.1. The fraction of sp³-hybridized carbons (Fsp3) is 1.00. The SMILES string of the molecule is C[C@H](N)C(C)(C)NS(=O)(=O)N1C[C@H](CCCB(O)O)[C@@](C)(N)C1. The van der Waals surface area contributed by atoms with Crippen LogP contribution in [0.1, 0.15) is 40.5 Å². The van der Waals surface area contributed by atoms with Crippen LogP contribution in [0, 0.1) is 5.92 Å². The molecule has 1 fully saturated rings. The highest BCUT2D eigenvalue weighted by Gasteiger charge is 2.45.